The molecule has 3 aromatic carbocycles. The van der Waals surface area contributed by atoms with Crippen LogP contribution in [0.5, 0.6) is 0 Å². The molecular formula is C33H20F2N4. The van der Waals surface area contributed by atoms with Gasteiger partial charge >= 0.3 is 0 Å². The number of hydrogen-bond acceptors (Lipinski definition) is 3. The van der Waals surface area contributed by atoms with E-state index in [9.17, 15) is 8.78 Å². The molecule has 7 rings (SSSR count). The summed E-state index contributed by atoms with van der Waals surface area (Å²) in [6.07, 6.45) is 3.50. The van der Waals surface area contributed by atoms with Crippen LogP contribution in [0.15, 0.2) is 122 Å². The molecule has 4 nitrogen and oxygen atoms in total. The highest BCUT2D eigenvalue weighted by molar-refractivity contribution is 6.09. The molecule has 0 radical (unpaired) electrons. The third-order valence-corrected chi connectivity index (χ3v) is 6.83. The summed E-state index contributed by atoms with van der Waals surface area (Å²) in [7, 11) is 0. The van der Waals surface area contributed by atoms with Crippen molar-refractivity contribution >= 4 is 21.8 Å². The Kier molecular flexibility index (Phi) is 5.44. The molecule has 0 N–H and O–H groups in total. The van der Waals surface area contributed by atoms with Crippen LogP contribution in [0.3, 0.4) is 0 Å². The predicted molar refractivity (Wildman–Crippen MR) is 150 cm³/mol. The molecule has 4 aromatic heterocycles. The maximum absolute atomic E-state index is 14.1. The van der Waals surface area contributed by atoms with E-state index in [1.54, 1.807) is 24.5 Å². The average molecular weight is 511 g/mol. The first-order valence-corrected chi connectivity index (χ1v) is 12.5. The van der Waals surface area contributed by atoms with Crippen molar-refractivity contribution in [2.24, 2.45) is 0 Å². The second kappa shape index (κ2) is 9.26. The number of hydrogen-bond donors (Lipinski definition) is 0. The zero-order valence-electron chi connectivity index (χ0n) is 20.6. The molecule has 0 aliphatic heterocycles. The minimum atomic E-state index is -0.355. The molecule has 0 aliphatic carbocycles. The molecule has 4 heterocycles. The summed E-state index contributed by atoms with van der Waals surface area (Å²) in [6.45, 7) is 0. The van der Waals surface area contributed by atoms with Crippen molar-refractivity contribution in [3.8, 4) is 39.6 Å². The number of pyridine rings is 3. The molecule has 7 aromatic rings. The summed E-state index contributed by atoms with van der Waals surface area (Å²) in [5.74, 6) is -0.711. The molecule has 0 aliphatic rings. The summed E-state index contributed by atoms with van der Waals surface area (Å²) in [6, 6.07) is 32.9. The highest BCUT2D eigenvalue weighted by Gasteiger charge is 2.15. The van der Waals surface area contributed by atoms with Gasteiger partial charge in [-0.05, 0) is 96.1 Å². The fourth-order valence-corrected chi connectivity index (χ4v) is 5.04. The van der Waals surface area contributed by atoms with E-state index in [0.29, 0.717) is 10.8 Å². The number of aromatic nitrogens is 4. The first kappa shape index (κ1) is 22.9. The van der Waals surface area contributed by atoms with Crippen molar-refractivity contribution in [3.05, 3.63) is 133 Å². The van der Waals surface area contributed by atoms with Crippen molar-refractivity contribution in [1.82, 2.24) is 19.5 Å². The number of halogens is 2. The van der Waals surface area contributed by atoms with E-state index in [1.165, 1.54) is 24.3 Å². The van der Waals surface area contributed by atoms with E-state index >= 15 is 0 Å². The highest BCUT2D eigenvalue weighted by atomic mass is 19.1. The van der Waals surface area contributed by atoms with E-state index in [0.717, 1.165) is 50.6 Å². The summed E-state index contributed by atoms with van der Waals surface area (Å²) in [5.41, 5.74) is 7.54. The SMILES string of the molecule is Fc1ccc2c(c1)c1cc(F)ccc1n2-c1ccc(-c2cc(-c3ccccn3)nc(-c3ccccn3)c2)cc1. The van der Waals surface area contributed by atoms with Crippen LogP contribution in [0, 0.1) is 11.6 Å². The van der Waals surface area contributed by atoms with Crippen molar-refractivity contribution < 1.29 is 8.78 Å². The lowest BCUT2D eigenvalue weighted by Crippen LogP contribution is -1.95. The monoisotopic (exact) mass is 510 g/mol. The Morgan fingerprint density at radius 3 is 1.51 bits per heavy atom. The summed E-state index contributed by atoms with van der Waals surface area (Å²) in [5, 5.41) is 1.34. The molecule has 0 amide bonds. The number of benzene rings is 3. The van der Waals surface area contributed by atoms with Crippen LogP contribution in [0.25, 0.3) is 61.4 Å². The molecule has 186 valence electrons. The summed E-state index contributed by atoms with van der Waals surface area (Å²) >= 11 is 0. The van der Waals surface area contributed by atoms with E-state index in [-0.39, 0.29) is 11.6 Å². The average Bonchev–Trinajstić information content (AvgIpc) is 3.30. The quantitative estimate of drug-likeness (QED) is 0.239. The Balaban J connectivity index is 1.37. The topological polar surface area (TPSA) is 43.6 Å². The Labute approximate surface area is 222 Å². The second-order valence-electron chi connectivity index (χ2n) is 9.26. The Morgan fingerprint density at radius 1 is 0.487 bits per heavy atom. The molecule has 6 heteroatoms. The second-order valence-corrected chi connectivity index (χ2v) is 9.26. The maximum atomic E-state index is 14.1. The molecule has 0 atom stereocenters. The lowest BCUT2D eigenvalue weighted by molar-refractivity contribution is 0.628. The highest BCUT2D eigenvalue weighted by Crippen LogP contribution is 2.34. The fraction of sp³-hybridized carbons (Fsp3) is 0. The lowest BCUT2D eigenvalue weighted by Gasteiger charge is -2.11. The van der Waals surface area contributed by atoms with Gasteiger partial charge in [-0.1, -0.05) is 24.3 Å². The van der Waals surface area contributed by atoms with Gasteiger partial charge < -0.3 is 4.57 Å². The largest absolute Gasteiger partial charge is 0.309 e. The van der Waals surface area contributed by atoms with Crippen LogP contribution in [-0.4, -0.2) is 19.5 Å². The van der Waals surface area contributed by atoms with Crippen molar-refractivity contribution in [2.45, 2.75) is 0 Å². The minimum absolute atomic E-state index is 0.355. The normalized spacial score (nSPS) is 11.3. The first-order valence-electron chi connectivity index (χ1n) is 12.5. The molecule has 0 saturated heterocycles. The van der Waals surface area contributed by atoms with Gasteiger partial charge in [-0.3, -0.25) is 9.97 Å². The Hall–Kier alpha value is -5.23. The molecule has 39 heavy (non-hydrogen) atoms. The van der Waals surface area contributed by atoms with E-state index in [2.05, 4.69) is 9.97 Å². The zero-order valence-corrected chi connectivity index (χ0v) is 20.6. The number of fused-ring (bicyclic) bond motifs is 3. The minimum Gasteiger partial charge on any atom is -0.309 e. The molecule has 0 saturated carbocycles. The molecule has 0 bridgehead atoms. The number of rotatable bonds is 4. The van der Waals surface area contributed by atoms with Crippen LogP contribution in [0.4, 0.5) is 8.78 Å². The van der Waals surface area contributed by atoms with Gasteiger partial charge in [-0.2, -0.15) is 0 Å². The van der Waals surface area contributed by atoms with Crippen molar-refractivity contribution in [2.75, 3.05) is 0 Å². The van der Waals surface area contributed by atoms with Crippen LogP contribution < -0.4 is 0 Å². The van der Waals surface area contributed by atoms with Gasteiger partial charge in [-0.25, -0.2) is 13.8 Å². The van der Waals surface area contributed by atoms with Crippen LogP contribution in [0.2, 0.25) is 0 Å². The third kappa shape index (κ3) is 4.12. The van der Waals surface area contributed by atoms with Gasteiger partial charge in [0.25, 0.3) is 0 Å². The third-order valence-electron chi connectivity index (χ3n) is 6.83. The molecular weight excluding hydrogens is 490 g/mol. The zero-order chi connectivity index (χ0) is 26.3. The fourth-order valence-electron chi connectivity index (χ4n) is 5.04. The summed E-state index contributed by atoms with van der Waals surface area (Å²) in [4.78, 5) is 13.8. The van der Waals surface area contributed by atoms with Crippen LogP contribution in [0.1, 0.15) is 0 Å². The van der Waals surface area contributed by atoms with E-state index in [1.807, 2.05) is 77.4 Å². The lowest BCUT2D eigenvalue weighted by atomic mass is 10.0. The van der Waals surface area contributed by atoms with Gasteiger partial charge in [0.15, 0.2) is 0 Å². The Bertz CT molecular complexity index is 1850. The van der Waals surface area contributed by atoms with E-state index < -0.39 is 0 Å². The smallest absolute Gasteiger partial charge is 0.123 e. The van der Waals surface area contributed by atoms with Crippen LogP contribution >= 0.6 is 0 Å². The summed E-state index contributed by atoms with van der Waals surface area (Å²) < 4.78 is 30.2. The van der Waals surface area contributed by atoms with Crippen molar-refractivity contribution in [1.29, 1.82) is 0 Å². The van der Waals surface area contributed by atoms with E-state index in [4.69, 9.17) is 4.98 Å². The standard InChI is InChI=1S/C33H20F2N4/c34-23-9-13-32-26(19-23)27-20-24(35)10-14-33(27)39(32)25-11-7-21(8-12-25)22-17-30(28-5-1-3-15-36-28)38-31(18-22)29-6-2-4-16-37-29/h1-20H. The first-order chi connectivity index (χ1) is 19.1. The molecule has 0 fully saturated rings. The van der Waals surface area contributed by atoms with Gasteiger partial charge in [0.05, 0.1) is 33.8 Å². The van der Waals surface area contributed by atoms with Crippen LogP contribution in [-0.2, 0) is 0 Å². The maximum Gasteiger partial charge on any atom is 0.123 e. The Morgan fingerprint density at radius 2 is 1.03 bits per heavy atom. The van der Waals surface area contributed by atoms with Crippen molar-refractivity contribution in [3.63, 3.8) is 0 Å². The van der Waals surface area contributed by atoms with Gasteiger partial charge in [0.2, 0.25) is 0 Å². The molecule has 0 unspecified atom stereocenters. The van der Waals surface area contributed by atoms with Gasteiger partial charge in [-0.15, -0.1) is 0 Å². The van der Waals surface area contributed by atoms with Gasteiger partial charge in [0.1, 0.15) is 11.6 Å². The predicted octanol–water partition coefficient (Wildman–Crippen LogP) is 8.25. The van der Waals surface area contributed by atoms with Gasteiger partial charge in [0, 0.05) is 28.9 Å². The molecule has 0 spiro atoms. The number of nitrogens with zero attached hydrogens (tertiary/aromatic N) is 4.